The SMILES string of the molecule is COc1ccc(Cl)cc1S(=O)(=O)N1C[C@@H](N)[C@H](O)C1. The molecule has 0 aromatic heterocycles. The number of β-amino-alcohol motifs (C(OH)–C–C–N with tert-alkyl or cyclic N) is 1. The predicted octanol–water partition coefficient (Wildman–Crippen LogP) is 0.0411. The van der Waals surface area contributed by atoms with Crippen molar-refractivity contribution in [1.29, 1.82) is 0 Å². The highest BCUT2D eigenvalue weighted by atomic mass is 35.5. The molecule has 0 amide bonds. The van der Waals surface area contributed by atoms with Crippen molar-refractivity contribution in [2.75, 3.05) is 20.2 Å². The highest BCUT2D eigenvalue weighted by molar-refractivity contribution is 7.89. The van der Waals surface area contributed by atoms with Gasteiger partial charge in [0.25, 0.3) is 0 Å². The summed E-state index contributed by atoms with van der Waals surface area (Å²) in [4.78, 5) is -0.0243. The lowest BCUT2D eigenvalue weighted by atomic mass is 10.2. The number of halogens is 1. The van der Waals surface area contributed by atoms with Gasteiger partial charge in [-0.2, -0.15) is 4.31 Å². The molecule has 1 aromatic rings. The van der Waals surface area contributed by atoms with E-state index in [4.69, 9.17) is 22.1 Å². The zero-order chi connectivity index (χ0) is 14.2. The van der Waals surface area contributed by atoms with Gasteiger partial charge in [-0.25, -0.2) is 8.42 Å². The summed E-state index contributed by atoms with van der Waals surface area (Å²) < 4.78 is 31.1. The zero-order valence-electron chi connectivity index (χ0n) is 10.3. The largest absolute Gasteiger partial charge is 0.495 e. The first-order valence-corrected chi connectivity index (χ1v) is 7.45. The normalized spacial score (nSPS) is 24.6. The second-order valence-electron chi connectivity index (χ2n) is 4.35. The van der Waals surface area contributed by atoms with Crippen LogP contribution in [0, 0.1) is 0 Å². The molecule has 0 bridgehead atoms. The molecule has 1 aliphatic heterocycles. The smallest absolute Gasteiger partial charge is 0.246 e. The molecule has 1 aromatic carbocycles. The van der Waals surface area contributed by atoms with Crippen molar-refractivity contribution in [2.45, 2.75) is 17.0 Å². The first-order valence-electron chi connectivity index (χ1n) is 5.63. The van der Waals surface area contributed by atoms with E-state index in [2.05, 4.69) is 0 Å². The Morgan fingerprint density at radius 1 is 1.47 bits per heavy atom. The summed E-state index contributed by atoms with van der Waals surface area (Å²) in [5, 5.41) is 9.87. The Morgan fingerprint density at radius 2 is 2.16 bits per heavy atom. The van der Waals surface area contributed by atoms with Gasteiger partial charge in [0.2, 0.25) is 10.0 Å². The fourth-order valence-electron chi connectivity index (χ4n) is 1.96. The van der Waals surface area contributed by atoms with Gasteiger partial charge >= 0.3 is 0 Å². The molecule has 19 heavy (non-hydrogen) atoms. The Bertz CT molecular complexity index is 568. The molecule has 1 saturated heterocycles. The Balaban J connectivity index is 2.43. The molecular weight excluding hydrogens is 292 g/mol. The number of aliphatic hydroxyl groups is 1. The average molecular weight is 307 g/mol. The molecule has 2 atom stereocenters. The van der Waals surface area contributed by atoms with Crippen LogP contribution in [0.5, 0.6) is 5.75 Å². The molecule has 1 aliphatic rings. The summed E-state index contributed by atoms with van der Waals surface area (Å²) in [6, 6.07) is 3.78. The molecule has 0 spiro atoms. The quantitative estimate of drug-likeness (QED) is 0.822. The van der Waals surface area contributed by atoms with Gasteiger partial charge in [0.1, 0.15) is 10.6 Å². The van der Waals surface area contributed by atoms with Crippen LogP contribution in [0.25, 0.3) is 0 Å². The zero-order valence-corrected chi connectivity index (χ0v) is 11.9. The molecule has 0 radical (unpaired) electrons. The van der Waals surface area contributed by atoms with Crippen molar-refractivity contribution in [2.24, 2.45) is 5.73 Å². The maximum atomic E-state index is 12.5. The van der Waals surface area contributed by atoms with Gasteiger partial charge in [0.15, 0.2) is 0 Å². The lowest BCUT2D eigenvalue weighted by Crippen LogP contribution is -2.33. The minimum atomic E-state index is -3.79. The van der Waals surface area contributed by atoms with Crippen LogP contribution in [0.15, 0.2) is 23.1 Å². The molecule has 3 N–H and O–H groups in total. The van der Waals surface area contributed by atoms with Crippen molar-refractivity contribution in [3.8, 4) is 5.75 Å². The predicted molar refractivity (Wildman–Crippen MR) is 70.7 cm³/mol. The molecule has 1 fully saturated rings. The molecule has 1 heterocycles. The fraction of sp³-hybridized carbons (Fsp3) is 0.455. The maximum Gasteiger partial charge on any atom is 0.246 e. The number of nitrogens with two attached hydrogens (primary N) is 1. The highest BCUT2D eigenvalue weighted by Crippen LogP contribution is 2.31. The van der Waals surface area contributed by atoms with Crippen LogP contribution in [-0.4, -0.2) is 50.2 Å². The standard InChI is InChI=1S/C11H15ClN2O4S/c1-18-10-3-2-7(12)4-11(10)19(16,17)14-5-8(13)9(15)6-14/h2-4,8-9,15H,5-6,13H2,1H3/t8-,9-/m1/s1. The van der Waals surface area contributed by atoms with Gasteiger partial charge in [0, 0.05) is 24.2 Å². The van der Waals surface area contributed by atoms with E-state index < -0.39 is 22.2 Å². The van der Waals surface area contributed by atoms with Crippen LogP contribution < -0.4 is 10.5 Å². The van der Waals surface area contributed by atoms with E-state index >= 15 is 0 Å². The van der Waals surface area contributed by atoms with Gasteiger partial charge in [-0.05, 0) is 18.2 Å². The van der Waals surface area contributed by atoms with Crippen LogP contribution in [0.2, 0.25) is 5.02 Å². The first kappa shape index (κ1) is 14.5. The van der Waals surface area contributed by atoms with E-state index in [0.717, 1.165) is 4.31 Å². The molecule has 0 unspecified atom stereocenters. The molecule has 0 aliphatic carbocycles. The lowest BCUT2D eigenvalue weighted by Gasteiger charge is -2.17. The molecule has 2 rings (SSSR count). The second-order valence-corrected chi connectivity index (χ2v) is 6.69. The van der Waals surface area contributed by atoms with E-state index in [1.54, 1.807) is 6.07 Å². The maximum absolute atomic E-state index is 12.5. The van der Waals surface area contributed by atoms with Crippen LogP contribution in [0.3, 0.4) is 0 Å². The Hall–Kier alpha value is -0.860. The van der Waals surface area contributed by atoms with Crippen LogP contribution in [0.1, 0.15) is 0 Å². The van der Waals surface area contributed by atoms with Gasteiger partial charge in [0.05, 0.1) is 13.2 Å². The van der Waals surface area contributed by atoms with E-state index in [0.29, 0.717) is 5.02 Å². The lowest BCUT2D eigenvalue weighted by molar-refractivity contribution is 0.174. The summed E-state index contributed by atoms with van der Waals surface area (Å²) in [6.07, 6.45) is -0.861. The summed E-state index contributed by atoms with van der Waals surface area (Å²) >= 11 is 5.83. The van der Waals surface area contributed by atoms with Crippen molar-refractivity contribution in [3.63, 3.8) is 0 Å². The van der Waals surface area contributed by atoms with E-state index in [9.17, 15) is 13.5 Å². The number of aliphatic hydroxyl groups excluding tert-OH is 1. The average Bonchev–Trinajstić information content (AvgIpc) is 2.70. The summed E-state index contributed by atoms with van der Waals surface area (Å²) in [5.41, 5.74) is 5.63. The minimum absolute atomic E-state index is 0.0243. The van der Waals surface area contributed by atoms with E-state index in [1.807, 2.05) is 0 Å². The number of hydrogen-bond acceptors (Lipinski definition) is 5. The third-order valence-corrected chi connectivity index (χ3v) is 5.13. The van der Waals surface area contributed by atoms with Crippen molar-refractivity contribution in [1.82, 2.24) is 4.31 Å². The number of methoxy groups -OCH3 is 1. The molecule has 0 saturated carbocycles. The second kappa shape index (κ2) is 5.26. The molecule has 8 heteroatoms. The van der Waals surface area contributed by atoms with E-state index in [-0.39, 0.29) is 23.7 Å². The number of benzene rings is 1. The van der Waals surface area contributed by atoms with Crippen LogP contribution in [-0.2, 0) is 10.0 Å². The Kier molecular flexibility index (Phi) is 4.03. The number of sulfonamides is 1. The van der Waals surface area contributed by atoms with Gasteiger partial charge in [-0.3, -0.25) is 0 Å². The van der Waals surface area contributed by atoms with Crippen LogP contribution >= 0.6 is 11.6 Å². The third-order valence-electron chi connectivity index (χ3n) is 3.04. The first-order chi connectivity index (χ1) is 8.86. The van der Waals surface area contributed by atoms with Crippen molar-refractivity contribution >= 4 is 21.6 Å². The van der Waals surface area contributed by atoms with E-state index in [1.165, 1.54) is 19.2 Å². The van der Waals surface area contributed by atoms with Crippen LogP contribution in [0.4, 0.5) is 0 Å². The highest BCUT2D eigenvalue weighted by Gasteiger charge is 2.38. The topological polar surface area (TPSA) is 92.9 Å². The number of rotatable bonds is 3. The summed E-state index contributed by atoms with van der Waals surface area (Å²) in [7, 11) is -2.40. The number of hydrogen-bond donors (Lipinski definition) is 2. The monoisotopic (exact) mass is 306 g/mol. The molecule has 6 nitrogen and oxygen atoms in total. The number of ether oxygens (including phenoxy) is 1. The molecule has 106 valence electrons. The molecular formula is C11H15ClN2O4S. The van der Waals surface area contributed by atoms with Gasteiger partial charge in [-0.1, -0.05) is 11.6 Å². The fourth-order valence-corrected chi connectivity index (χ4v) is 3.88. The third kappa shape index (κ3) is 2.70. The van der Waals surface area contributed by atoms with Gasteiger partial charge in [-0.15, -0.1) is 0 Å². The van der Waals surface area contributed by atoms with Gasteiger partial charge < -0.3 is 15.6 Å². The van der Waals surface area contributed by atoms with Crippen molar-refractivity contribution in [3.05, 3.63) is 23.2 Å². The van der Waals surface area contributed by atoms with Crippen molar-refractivity contribution < 1.29 is 18.3 Å². The Labute approximate surface area is 116 Å². The number of nitrogens with zero attached hydrogens (tertiary/aromatic N) is 1. The summed E-state index contributed by atoms with van der Waals surface area (Å²) in [5.74, 6) is 0.208. The Morgan fingerprint density at radius 3 is 2.68 bits per heavy atom. The minimum Gasteiger partial charge on any atom is -0.495 e. The summed E-state index contributed by atoms with van der Waals surface area (Å²) in [6.45, 7) is 0.0400.